The lowest BCUT2D eigenvalue weighted by Gasteiger charge is -2.05. The Morgan fingerprint density at radius 1 is 1.27 bits per heavy atom. The fraction of sp³-hybridized carbons (Fsp3) is 0.200. The predicted molar refractivity (Wildman–Crippen MR) is 81.8 cm³/mol. The summed E-state index contributed by atoms with van der Waals surface area (Å²) in [5, 5.41) is 8.24. The maximum Gasteiger partial charge on any atom is 0.285 e. The summed E-state index contributed by atoms with van der Waals surface area (Å²) in [5.74, 6) is 0.629. The number of nitrogens with zero attached hydrogens (tertiary/aromatic N) is 4. The van der Waals surface area contributed by atoms with Crippen LogP contribution in [0.4, 0.5) is 0 Å². The zero-order valence-corrected chi connectivity index (χ0v) is 12.8. The summed E-state index contributed by atoms with van der Waals surface area (Å²) in [6, 6.07) is 5.27. The van der Waals surface area contributed by atoms with Crippen molar-refractivity contribution in [1.29, 1.82) is 0 Å². The van der Waals surface area contributed by atoms with Gasteiger partial charge in [-0.05, 0) is 32.0 Å². The summed E-state index contributed by atoms with van der Waals surface area (Å²) < 4.78 is 6.55. The Hall–Kier alpha value is -2.47. The first-order valence-electron chi connectivity index (χ1n) is 6.66. The summed E-state index contributed by atoms with van der Waals surface area (Å²) in [4.78, 5) is 16.3. The molecule has 0 atom stereocenters. The SMILES string of the molecule is Cc1ccc(-c2noc(C)c2Cn2nccc(Cl)c2=O)cn1. The Labute approximate surface area is 131 Å². The molecule has 0 N–H and O–H groups in total. The fourth-order valence-corrected chi connectivity index (χ4v) is 2.25. The van der Waals surface area contributed by atoms with Gasteiger partial charge in [-0.15, -0.1) is 0 Å². The monoisotopic (exact) mass is 316 g/mol. The van der Waals surface area contributed by atoms with E-state index in [1.165, 1.54) is 16.9 Å². The highest BCUT2D eigenvalue weighted by atomic mass is 35.5. The lowest BCUT2D eigenvalue weighted by Crippen LogP contribution is -2.23. The van der Waals surface area contributed by atoms with Gasteiger partial charge in [0.15, 0.2) is 0 Å². The van der Waals surface area contributed by atoms with E-state index in [-0.39, 0.29) is 17.1 Å². The molecular formula is C15H13ClN4O2. The van der Waals surface area contributed by atoms with E-state index < -0.39 is 0 Å². The highest BCUT2D eigenvalue weighted by Crippen LogP contribution is 2.25. The third-order valence-corrected chi connectivity index (χ3v) is 3.63. The van der Waals surface area contributed by atoms with Gasteiger partial charge in [-0.1, -0.05) is 16.8 Å². The second-order valence-electron chi connectivity index (χ2n) is 4.90. The number of hydrogen-bond donors (Lipinski definition) is 0. The van der Waals surface area contributed by atoms with Gasteiger partial charge < -0.3 is 4.52 Å². The molecule has 3 aromatic heterocycles. The van der Waals surface area contributed by atoms with E-state index in [2.05, 4.69) is 15.2 Å². The Kier molecular flexibility index (Phi) is 3.77. The smallest absolute Gasteiger partial charge is 0.285 e. The first kappa shape index (κ1) is 14.5. The van der Waals surface area contributed by atoms with E-state index in [0.717, 1.165) is 16.8 Å². The van der Waals surface area contributed by atoms with Gasteiger partial charge in [0.05, 0.1) is 6.54 Å². The molecule has 0 unspecified atom stereocenters. The van der Waals surface area contributed by atoms with Crippen LogP contribution < -0.4 is 5.56 Å². The molecule has 0 aliphatic heterocycles. The van der Waals surface area contributed by atoms with Gasteiger partial charge in [0, 0.05) is 29.2 Å². The molecule has 0 saturated heterocycles. The molecule has 22 heavy (non-hydrogen) atoms. The minimum Gasteiger partial charge on any atom is -0.361 e. The minimum absolute atomic E-state index is 0.127. The van der Waals surface area contributed by atoms with Crippen LogP contribution in [0.3, 0.4) is 0 Å². The van der Waals surface area contributed by atoms with E-state index in [4.69, 9.17) is 16.1 Å². The van der Waals surface area contributed by atoms with Gasteiger partial charge in [0.1, 0.15) is 16.5 Å². The topological polar surface area (TPSA) is 73.8 Å². The molecule has 0 radical (unpaired) electrons. The average Bonchev–Trinajstić information content (AvgIpc) is 2.86. The molecule has 0 bridgehead atoms. The van der Waals surface area contributed by atoms with Crippen LogP contribution in [-0.4, -0.2) is 19.9 Å². The Morgan fingerprint density at radius 3 is 2.82 bits per heavy atom. The molecule has 0 aliphatic rings. The predicted octanol–water partition coefficient (Wildman–Crippen LogP) is 2.61. The molecular weight excluding hydrogens is 304 g/mol. The van der Waals surface area contributed by atoms with Crippen LogP contribution >= 0.6 is 11.6 Å². The van der Waals surface area contributed by atoms with Crippen molar-refractivity contribution >= 4 is 11.6 Å². The molecule has 0 spiro atoms. The van der Waals surface area contributed by atoms with Crippen molar-refractivity contribution in [2.75, 3.05) is 0 Å². The Bertz CT molecular complexity index is 868. The molecule has 3 rings (SSSR count). The first-order valence-corrected chi connectivity index (χ1v) is 7.04. The second-order valence-corrected chi connectivity index (χ2v) is 5.30. The van der Waals surface area contributed by atoms with E-state index in [1.54, 1.807) is 13.1 Å². The number of hydrogen-bond acceptors (Lipinski definition) is 5. The maximum atomic E-state index is 12.0. The maximum absolute atomic E-state index is 12.0. The van der Waals surface area contributed by atoms with Crippen LogP contribution in [-0.2, 0) is 6.54 Å². The van der Waals surface area contributed by atoms with E-state index >= 15 is 0 Å². The minimum atomic E-state index is -0.349. The number of aryl methyl sites for hydroxylation is 2. The van der Waals surface area contributed by atoms with E-state index in [1.807, 2.05) is 19.1 Å². The zero-order chi connectivity index (χ0) is 15.7. The summed E-state index contributed by atoms with van der Waals surface area (Å²) in [6.45, 7) is 3.94. The van der Waals surface area contributed by atoms with Crippen molar-refractivity contribution < 1.29 is 4.52 Å². The summed E-state index contributed by atoms with van der Waals surface area (Å²) >= 11 is 5.85. The van der Waals surface area contributed by atoms with Gasteiger partial charge in [0.25, 0.3) is 5.56 Å². The Morgan fingerprint density at radius 2 is 2.09 bits per heavy atom. The van der Waals surface area contributed by atoms with Crippen LogP contribution in [0, 0.1) is 13.8 Å². The first-order chi connectivity index (χ1) is 10.6. The number of pyridine rings is 1. The second kappa shape index (κ2) is 5.73. The van der Waals surface area contributed by atoms with Crippen molar-refractivity contribution in [3.63, 3.8) is 0 Å². The van der Waals surface area contributed by atoms with Crippen LogP contribution in [0.25, 0.3) is 11.3 Å². The Balaban J connectivity index is 2.05. The molecule has 0 amide bonds. The molecule has 3 aromatic rings. The van der Waals surface area contributed by atoms with Crippen molar-refractivity contribution in [2.45, 2.75) is 20.4 Å². The summed E-state index contributed by atoms with van der Waals surface area (Å²) in [6.07, 6.45) is 3.21. The van der Waals surface area contributed by atoms with Gasteiger partial charge in [0.2, 0.25) is 0 Å². The quantitative estimate of drug-likeness (QED) is 0.742. The van der Waals surface area contributed by atoms with E-state index in [9.17, 15) is 4.79 Å². The van der Waals surface area contributed by atoms with Crippen LogP contribution in [0.5, 0.6) is 0 Å². The summed E-state index contributed by atoms with van der Waals surface area (Å²) in [7, 11) is 0. The van der Waals surface area contributed by atoms with Crippen LogP contribution in [0.1, 0.15) is 17.0 Å². The molecule has 0 aliphatic carbocycles. The molecule has 0 saturated carbocycles. The van der Waals surface area contributed by atoms with Crippen molar-refractivity contribution in [2.24, 2.45) is 0 Å². The molecule has 112 valence electrons. The van der Waals surface area contributed by atoms with Crippen molar-refractivity contribution in [3.05, 3.63) is 63.0 Å². The molecule has 3 heterocycles. The van der Waals surface area contributed by atoms with Gasteiger partial charge in [-0.3, -0.25) is 9.78 Å². The van der Waals surface area contributed by atoms with Crippen molar-refractivity contribution in [3.8, 4) is 11.3 Å². The third-order valence-electron chi connectivity index (χ3n) is 3.34. The molecule has 7 heteroatoms. The highest BCUT2D eigenvalue weighted by Gasteiger charge is 2.16. The van der Waals surface area contributed by atoms with Gasteiger partial charge in [-0.2, -0.15) is 5.10 Å². The van der Waals surface area contributed by atoms with Crippen LogP contribution in [0.2, 0.25) is 5.02 Å². The fourth-order valence-electron chi connectivity index (χ4n) is 2.10. The molecule has 0 aromatic carbocycles. The number of aromatic nitrogens is 4. The number of halogens is 1. The molecule has 0 fully saturated rings. The third kappa shape index (κ3) is 2.65. The van der Waals surface area contributed by atoms with Crippen LogP contribution in [0.15, 0.2) is 39.9 Å². The normalized spacial score (nSPS) is 10.9. The number of rotatable bonds is 3. The van der Waals surface area contributed by atoms with Crippen molar-refractivity contribution in [1.82, 2.24) is 19.9 Å². The zero-order valence-electron chi connectivity index (χ0n) is 12.1. The lowest BCUT2D eigenvalue weighted by atomic mass is 10.1. The largest absolute Gasteiger partial charge is 0.361 e. The van der Waals surface area contributed by atoms with Gasteiger partial charge >= 0.3 is 0 Å². The standard InChI is InChI=1S/C15H13ClN4O2/c1-9-3-4-11(7-17-9)14-12(10(2)22-19-14)8-20-15(21)13(16)5-6-18-20/h3-7H,8H2,1-2H3. The van der Waals surface area contributed by atoms with Gasteiger partial charge in [-0.25, -0.2) is 4.68 Å². The lowest BCUT2D eigenvalue weighted by molar-refractivity contribution is 0.397. The average molecular weight is 317 g/mol. The van der Waals surface area contributed by atoms with E-state index in [0.29, 0.717) is 11.5 Å². The highest BCUT2D eigenvalue weighted by molar-refractivity contribution is 6.30. The molecule has 6 nitrogen and oxygen atoms in total. The summed E-state index contributed by atoms with van der Waals surface area (Å²) in [5.41, 5.74) is 2.82.